The summed E-state index contributed by atoms with van der Waals surface area (Å²) in [4.78, 5) is 26.1. The van der Waals surface area contributed by atoms with Gasteiger partial charge in [-0.05, 0) is 37.6 Å². The molecular formula is C18H19N3O3. The minimum absolute atomic E-state index is 0.0735. The van der Waals surface area contributed by atoms with Crippen molar-refractivity contribution in [3.05, 3.63) is 64.6 Å². The molecule has 6 nitrogen and oxygen atoms in total. The van der Waals surface area contributed by atoms with Gasteiger partial charge in [-0.1, -0.05) is 30.3 Å². The number of anilines is 1. The van der Waals surface area contributed by atoms with Crippen LogP contribution >= 0.6 is 0 Å². The standard InChI is InChI=1S/C18H19N3O3/c1-11(13-6-4-3-5-7-13)20-17(22)12(2)19-14-8-9-16-15(10-14)21-18(23)24-16/h3-12,19H,1-2H3,(H,20,22)(H,21,23). The molecule has 3 aromatic rings. The Hall–Kier alpha value is -3.02. The third kappa shape index (κ3) is 3.48. The molecule has 2 atom stereocenters. The number of carbonyl (C=O) groups is 1. The lowest BCUT2D eigenvalue weighted by molar-refractivity contribution is -0.122. The van der Waals surface area contributed by atoms with Gasteiger partial charge in [0.1, 0.15) is 6.04 Å². The molecule has 124 valence electrons. The summed E-state index contributed by atoms with van der Waals surface area (Å²) in [7, 11) is 0. The Bertz CT molecular complexity index is 899. The molecule has 1 aromatic heterocycles. The van der Waals surface area contributed by atoms with Gasteiger partial charge in [-0.2, -0.15) is 0 Å². The number of aromatic amines is 1. The van der Waals surface area contributed by atoms with Crippen molar-refractivity contribution in [2.45, 2.75) is 25.9 Å². The number of rotatable bonds is 5. The van der Waals surface area contributed by atoms with Crippen molar-refractivity contribution in [2.75, 3.05) is 5.32 Å². The highest BCUT2D eigenvalue weighted by molar-refractivity contribution is 5.85. The van der Waals surface area contributed by atoms with E-state index in [4.69, 9.17) is 4.42 Å². The minimum atomic E-state index is -0.496. The molecule has 2 unspecified atom stereocenters. The fourth-order valence-corrected chi connectivity index (χ4v) is 2.52. The number of benzene rings is 2. The predicted molar refractivity (Wildman–Crippen MR) is 92.9 cm³/mol. The maximum atomic E-state index is 12.3. The second kappa shape index (κ2) is 6.62. The quantitative estimate of drug-likeness (QED) is 0.673. The third-order valence-electron chi connectivity index (χ3n) is 3.85. The fraction of sp³-hybridized carbons (Fsp3) is 0.222. The first-order chi connectivity index (χ1) is 11.5. The molecular weight excluding hydrogens is 306 g/mol. The number of hydrogen-bond acceptors (Lipinski definition) is 4. The van der Waals surface area contributed by atoms with Crippen molar-refractivity contribution >= 4 is 22.7 Å². The molecule has 3 N–H and O–H groups in total. The van der Waals surface area contributed by atoms with Crippen LogP contribution in [-0.2, 0) is 4.79 Å². The second-order valence-corrected chi connectivity index (χ2v) is 5.73. The van der Waals surface area contributed by atoms with Crippen molar-refractivity contribution < 1.29 is 9.21 Å². The van der Waals surface area contributed by atoms with Gasteiger partial charge in [-0.3, -0.25) is 9.78 Å². The van der Waals surface area contributed by atoms with Crippen molar-refractivity contribution in [2.24, 2.45) is 0 Å². The van der Waals surface area contributed by atoms with Crippen LogP contribution in [0.2, 0.25) is 0 Å². The Balaban J connectivity index is 1.65. The normalized spacial score (nSPS) is 13.4. The first-order valence-electron chi connectivity index (χ1n) is 7.77. The highest BCUT2D eigenvalue weighted by Gasteiger charge is 2.16. The topological polar surface area (TPSA) is 87.1 Å². The van der Waals surface area contributed by atoms with Gasteiger partial charge >= 0.3 is 5.76 Å². The average molecular weight is 325 g/mol. The average Bonchev–Trinajstić information content (AvgIpc) is 2.94. The van der Waals surface area contributed by atoms with E-state index in [1.54, 1.807) is 25.1 Å². The molecule has 1 amide bonds. The van der Waals surface area contributed by atoms with Crippen LogP contribution in [0.1, 0.15) is 25.5 Å². The molecule has 2 aromatic carbocycles. The van der Waals surface area contributed by atoms with Crippen LogP contribution in [0, 0.1) is 0 Å². The van der Waals surface area contributed by atoms with Crippen LogP contribution in [0.15, 0.2) is 57.7 Å². The summed E-state index contributed by atoms with van der Waals surface area (Å²) in [6, 6.07) is 14.5. The molecule has 1 heterocycles. The molecule has 24 heavy (non-hydrogen) atoms. The van der Waals surface area contributed by atoms with Crippen LogP contribution in [0.5, 0.6) is 0 Å². The highest BCUT2D eigenvalue weighted by Crippen LogP contribution is 2.17. The molecule has 0 aliphatic carbocycles. The number of hydrogen-bond donors (Lipinski definition) is 3. The Morgan fingerprint density at radius 2 is 1.88 bits per heavy atom. The van der Waals surface area contributed by atoms with Gasteiger partial charge in [0.15, 0.2) is 5.58 Å². The van der Waals surface area contributed by atoms with E-state index < -0.39 is 11.8 Å². The number of aromatic nitrogens is 1. The summed E-state index contributed by atoms with van der Waals surface area (Å²) in [5, 5.41) is 6.10. The molecule has 0 saturated carbocycles. The lowest BCUT2D eigenvalue weighted by Crippen LogP contribution is -2.38. The maximum absolute atomic E-state index is 12.3. The number of amides is 1. The zero-order chi connectivity index (χ0) is 17.1. The van der Waals surface area contributed by atoms with E-state index in [2.05, 4.69) is 15.6 Å². The molecule has 0 bridgehead atoms. The Morgan fingerprint density at radius 1 is 1.12 bits per heavy atom. The van der Waals surface area contributed by atoms with Gasteiger partial charge < -0.3 is 15.1 Å². The zero-order valence-corrected chi connectivity index (χ0v) is 13.5. The summed E-state index contributed by atoms with van der Waals surface area (Å²) in [5.74, 6) is -0.600. The van der Waals surface area contributed by atoms with Crippen molar-refractivity contribution in [3.63, 3.8) is 0 Å². The maximum Gasteiger partial charge on any atom is 0.417 e. The van der Waals surface area contributed by atoms with E-state index in [1.165, 1.54) is 0 Å². The van der Waals surface area contributed by atoms with E-state index in [1.807, 2.05) is 37.3 Å². The van der Waals surface area contributed by atoms with Gasteiger partial charge in [0, 0.05) is 5.69 Å². The third-order valence-corrected chi connectivity index (χ3v) is 3.85. The van der Waals surface area contributed by atoms with Crippen LogP contribution in [0.4, 0.5) is 5.69 Å². The lowest BCUT2D eigenvalue weighted by atomic mass is 10.1. The number of H-pyrrole nitrogens is 1. The summed E-state index contributed by atoms with van der Waals surface area (Å²) in [5.41, 5.74) is 2.86. The van der Waals surface area contributed by atoms with Crippen molar-refractivity contribution in [1.82, 2.24) is 10.3 Å². The summed E-state index contributed by atoms with van der Waals surface area (Å²) < 4.78 is 4.96. The van der Waals surface area contributed by atoms with Gasteiger partial charge in [-0.25, -0.2) is 4.79 Å². The monoisotopic (exact) mass is 325 g/mol. The predicted octanol–water partition coefficient (Wildman–Crippen LogP) is 2.80. The van der Waals surface area contributed by atoms with E-state index in [0.717, 1.165) is 11.3 Å². The smallest absolute Gasteiger partial charge is 0.408 e. The summed E-state index contributed by atoms with van der Waals surface area (Å²) in [6.07, 6.45) is 0. The first kappa shape index (κ1) is 15.9. The number of fused-ring (bicyclic) bond motifs is 1. The lowest BCUT2D eigenvalue weighted by Gasteiger charge is -2.19. The Labute approximate surface area is 138 Å². The van der Waals surface area contributed by atoms with Gasteiger partial charge in [0.05, 0.1) is 11.6 Å². The van der Waals surface area contributed by atoms with Crippen LogP contribution in [0.25, 0.3) is 11.1 Å². The van der Waals surface area contributed by atoms with Gasteiger partial charge in [0.2, 0.25) is 5.91 Å². The Morgan fingerprint density at radius 3 is 2.62 bits per heavy atom. The van der Waals surface area contributed by atoms with Gasteiger partial charge in [-0.15, -0.1) is 0 Å². The van der Waals surface area contributed by atoms with E-state index in [-0.39, 0.29) is 11.9 Å². The fourth-order valence-electron chi connectivity index (χ4n) is 2.52. The molecule has 0 radical (unpaired) electrons. The molecule has 0 spiro atoms. The SMILES string of the molecule is CC(Nc1ccc2oc(=O)[nH]c2c1)C(=O)NC(C)c1ccccc1. The molecule has 0 aliphatic heterocycles. The number of nitrogens with one attached hydrogen (secondary N) is 3. The van der Waals surface area contributed by atoms with Crippen LogP contribution < -0.4 is 16.4 Å². The van der Waals surface area contributed by atoms with Crippen LogP contribution in [-0.4, -0.2) is 16.9 Å². The minimum Gasteiger partial charge on any atom is -0.408 e. The Kier molecular flexibility index (Phi) is 4.37. The molecule has 0 fully saturated rings. The summed E-state index contributed by atoms with van der Waals surface area (Å²) in [6.45, 7) is 3.73. The second-order valence-electron chi connectivity index (χ2n) is 5.73. The molecule has 0 saturated heterocycles. The number of oxazole rings is 1. The largest absolute Gasteiger partial charge is 0.417 e. The number of carbonyl (C=O) groups excluding carboxylic acids is 1. The van der Waals surface area contributed by atoms with Crippen molar-refractivity contribution in [3.8, 4) is 0 Å². The van der Waals surface area contributed by atoms with Crippen LogP contribution in [0.3, 0.4) is 0 Å². The van der Waals surface area contributed by atoms with Gasteiger partial charge in [0.25, 0.3) is 0 Å². The molecule has 3 rings (SSSR count). The summed E-state index contributed by atoms with van der Waals surface area (Å²) >= 11 is 0. The molecule has 0 aliphatic rings. The highest BCUT2D eigenvalue weighted by atomic mass is 16.4. The van der Waals surface area contributed by atoms with Crippen molar-refractivity contribution in [1.29, 1.82) is 0 Å². The van der Waals surface area contributed by atoms with E-state index in [9.17, 15) is 9.59 Å². The zero-order valence-electron chi connectivity index (χ0n) is 13.5. The van der Waals surface area contributed by atoms with E-state index >= 15 is 0 Å². The van der Waals surface area contributed by atoms with E-state index in [0.29, 0.717) is 11.1 Å². The first-order valence-corrected chi connectivity index (χ1v) is 7.77. The molecule has 6 heteroatoms.